The fourth-order valence-corrected chi connectivity index (χ4v) is 3.37. The van der Waals surface area contributed by atoms with E-state index in [-0.39, 0.29) is 12.3 Å². The number of fused-ring (bicyclic) bond motifs is 1. The highest BCUT2D eigenvalue weighted by atomic mass is 16.2. The van der Waals surface area contributed by atoms with Crippen LogP contribution in [0.15, 0.2) is 60.9 Å². The van der Waals surface area contributed by atoms with Crippen LogP contribution in [0.25, 0.3) is 0 Å². The highest BCUT2D eigenvalue weighted by molar-refractivity contribution is 5.82. The van der Waals surface area contributed by atoms with Crippen LogP contribution in [0.2, 0.25) is 0 Å². The molecule has 0 radical (unpaired) electrons. The van der Waals surface area contributed by atoms with Gasteiger partial charge in [0, 0.05) is 13.1 Å². The number of nitrogen functional groups attached to an aromatic ring is 1. The second-order valence-electron chi connectivity index (χ2n) is 6.74. The Morgan fingerprint density at radius 3 is 2.61 bits per heavy atom. The van der Waals surface area contributed by atoms with Gasteiger partial charge in [-0.3, -0.25) is 15.6 Å². The summed E-state index contributed by atoms with van der Waals surface area (Å²) in [6, 6.07) is 17.9. The molecule has 0 saturated carbocycles. The fourth-order valence-electron chi connectivity index (χ4n) is 3.37. The molecule has 4 rings (SSSR count). The van der Waals surface area contributed by atoms with Gasteiger partial charge in [-0.05, 0) is 23.1 Å². The van der Waals surface area contributed by atoms with Crippen LogP contribution >= 0.6 is 0 Å². The molecule has 142 valence electrons. The first kappa shape index (κ1) is 17.8. The van der Waals surface area contributed by atoms with Crippen LogP contribution in [0, 0.1) is 0 Å². The van der Waals surface area contributed by atoms with Gasteiger partial charge in [-0.2, -0.15) is 0 Å². The Kier molecular flexibility index (Phi) is 5.05. The number of rotatable bonds is 5. The standard InChI is InChI=1S/C21H22N6O/c22-19-20(26-25-18(28)12-15-6-2-1-3-7-15)23-14-24-21(19)27-11-10-16-8-4-5-9-17(16)13-27/h1-9,14H,10-13,22H2,(H,25,28)(H,23,24,26). The SMILES string of the molecule is Nc1c(NNC(=O)Cc2ccccc2)ncnc1N1CCc2ccccc2C1. The Labute approximate surface area is 163 Å². The first-order valence-corrected chi connectivity index (χ1v) is 9.21. The number of anilines is 3. The van der Waals surface area contributed by atoms with Gasteiger partial charge in [0.1, 0.15) is 12.0 Å². The van der Waals surface area contributed by atoms with Gasteiger partial charge < -0.3 is 10.6 Å². The predicted octanol–water partition coefficient (Wildman–Crippen LogP) is 2.31. The Morgan fingerprint density at radius 1 is 1.04 bits per heavy atom. The van der Waals surface area contributed by atoms with Crippen molar-refractivity contribution in [3.05, 3.63) is 77.6 Å². The molecule has 1 aromatic heterocycles. The normalized spacial score (nSPS) is 12.9. The zero-order valence-corrected chi connectivity index (χ0v) is 15.4. The van der Waals surface area contributed by atoms with Gasteiger partial charge >= 0.3 is 0 Å². The molecule has 2 aromatic carbocycles. The molecule has 1 aliphatic rings. The third kappa shape index (κ3) is 3.88. The van der Waals surface area contributed by atoms with Crippen molar-refractivity contribution in [2.45, 2.75) is 19.4 Å². The minimum Gasteiger partial charge on any atom is -0.393 e. The summed E-state index contributed by atoms with van der Waals surface area (Å²) in [6.07, 6.45) is 2.67. The summed E-state index contributed by atoms with van der Waals surface area (Å²) in [6.45, 7) is 1.58. The van der Waals surface area contributed by atoms with Crippen LogP contribution in [0.4, 0.5) is 17.3 Å². The Balaban J connectivity index is 1.43. The molecule has 0 spiro atoms. The minimum atomic E-state index is -0.169. The monoisotopic (exact) mass is 374 g/mol. The molecule has 0 saturated heterocycles. The number of carbonyl (C=O) groups is 1. The third-order valence-corrected chi connectivity index (χ3v) is 4.82. The summed E-state index contributed by atoms with van der Waals surface area (Å²) in [5.74, 6) is 0.896. The van der Waals surface area contributed by atoms with Crippen molar-refractivity contribution >= 4 is 23.2 Å². The molecule has 0 atom stereocenters. The molecule has 0 fully saturated rings. The van der Waals surface area contributed by atoms with E-state index in [0.29, 0.717) is 17.3 Å². The lowest BCUT2D eigenvalue weighted by molar-refractivity contribution is -0.119. The molecule has 0 unspecified atom stereocenters. The van der Waals surface area contributed by atoms with Crippen LogP contribution < -0.4 is 21.5 Å². The van der Waals surface area contributed by atoms with Crippen LogP contribution in [-0.2, 0) is 24.2 Å². The smallest absolute Gasteiger partial charge is 0.242 e. The topological polar surface area (TPSA) is 96.2 Å². The fraction of sp³-hybridized carbons (Fsp3) is 0.190. The summed E-state index contributed by atoms with van der Waals surface area (Å²) < 4.78 is 0. The average Bonchev–Trinajstić information content (AvgIpc) is 2.73. The molecular weight excluding hydrogens is 352 g/mol. The molecule has 3 aromatic rings. The number of nitrogens with one attached hydrogen (secondary N) is 2. The molecule has 1 amide bonds. The van der Waals surface area contributed by atoms with Crippen LogP contribution in [0.5, 0.6) is 0 Å². The molecule has 2 heterocycles. The lowest BCUT2D eigenvalue weighted by Crippen LogP contribution is -2.34. The second-order valence-corrected chi connectivity index (χ2v) is 6.74. The van der Waals surface area contributed by atoms with E-state index in [4.69, 9.17) is 5.73 Å². The van der Waals surface area contributed by atoms with Gasteiger partial charge in [0.05, 0.1) is 6.42 Å². The molecule has 1 aliphatic heterocycles. The molecule has 0 aliphatic carbocycles. The average molecular weight is 374 g/mol. The van der Waals surface area contributed by atoms with Gasteiger partial charge in [-0.1, -0.05) is 54.6 Å². The van der Waals surface area contributed by atoms with Gasteiger partial charge in [0.15, 0.2) is 11.6 Å². The maximum Gasteiger partial charge on any atom is 0.242 e. The van der Waals surface area contributed by atoms with Crippen LogP contribution in [-0.4, -0.2) is 22.4 Å². The van der Waals surface area contributed by atoms with Crippen molar-refractivity contribution < 1.29 is 4.79 Å². The number of hydrogen-bond acceptors (Lipinski definition) is 6. The molecular formula is C21H22N6O. The lowest BCUT2D eigenvalue weighted by atomic mass is 10.00. The Bertz CT molecular complexity index is 976. The molecule has 28 heavy (non-hydrogen) atoms. The van der Waals surface area contributed by atoms with Gasteiger partial charge in [-0.25, -0.2) is 9.97 Å². The molecule has 4 N–H and O–H groups in total. The van der Waals surface area contributed by atoms with Crippen molar-refractivity contribution in [1.82, 2.24) is 15.4 Å². The van der Waals surface area contributed by atoms with Crippen molar-refractivity contribution in [3.63, 3.8) is 0 Å². The summed E-state index contributed by atoms with van der Waals surface area (Å²) in [4.78, 5) is 22.8. The van der Waals surface area contributed by atoms with E-state index in [2.05, 4.69) is 43.9 Å². The third-order valence-electron chi connectivity index (χ3n) is 4.82. The van der Waals surface area contributed by atoms with Gasteiger partial charge in [-0.15, -0.1) is 0 Å². The number of nitrogens with two attached hydrogens (primary N) is 1. The van der Waals surface area contributed by atoms with Crippen molar-refractivity contribution in [1.29, 1.82) is 0 Å². The van der Waals surface area contributed by atoms with Crippen LogP contribution in [0.1, 0.15) is 16.7 Å². The highest BCUT2D eigenvalue weighted by Gasteiger charge is 2.20. The maximum absolute atomic E-state index is 12.2. The number of carbonyl (C=O) groups excluding carboxylic acids is 1. The number of aromatic nitrogens is 2. The largest absolute Gasteiger partial charge is 0.393 e. The van der Waals surface area contributed by atoms with Crippen LogP contribution in [0.3, 0.4) is 0 Å². The molecule has 0 bridgehead atoms. The van der Waals surface area contributed by atoms with E-state index in [1.54, 1.807) is 0 Å². The van der Waals surface area contributed by atoms with E-state index >= 15 is 0 Å². The summed E-state index contributed by atoms with van der Waals surface area (Å²) in [5, 5.41) is 0. The number of hydrazine groups is 1. The van der Waals surface area contributed by atoms with E-state index in [9.17, 15) is 4.79 Å². The summed E-state index contributed by atoms with van der Waals surface area (Å²) in [7, 11) is 0. The highest BCUT2D eigenvalue weighted by Crippen LogP contribution is 2.29. The number of benzene rings is 2. The lowest BCUT2D eigenvalue weighted by Gasteiger charge is -2.30. The first-order valence-electron chi connectivity index (χ1n) is 9.21. The predicted molar refractivity (Wildman–Crippen MR) is 110 cm³/mol. The quantitative estimate of drug-likeness (QED) is 0.593. The zero-order valence-electron chi connectivity index (χ0n) is 15.4. The summed E-state index contributed by atoms with van der Waals surface area (Å²) in [5.41, 5.74) is 15.8. The van der Waals surface area contributed by atoms with E-state index in [0.717, 1.165) is 25.1 Å². The molecule has 7 nitrogen and oxygen atoms in total. The van der Waals surface area contributed by atoms with Crippen molar-refractivity contribution in [2.75, 3.05) is 22.6 Å². The number of amides is 1. The maximum atomic E-state index is 12.2. The van der Waals surface area contributed by atoms with Crippen molar-refractivity contribution in [3.8, 4) is 0 Å². The minimum absolute atomic E-state index is 0.169. The molecule has 7 heteroatoms. The number of hydrogen-bond donors (Lipinski definition) is 3. The Hall–Kier alpha value is -3.61. The van der Waals surface area contributed by atoms with Gasteiger partial charge in [0.25, 0.3) is 0 Å². The van der Waals surface area contributed by atoms with E-state index in [1.807, 2.05) is 36.4 Å². The summed E-state index contributed by atoms with van der Waals surface area (Å²) >= 11 is 0. The van der Waals surface area contributed by atoms with E-state index < -0.39 is 0 Å². The second kappa shape index (κ2) is 7.96. The van der Waals surface area contributed by atoms with Gasteiger partial charge in [0.2, 0.25) is 5.91 Å². The number of nitrogens with zero attached hydrogens (tertiary/aromatic N) is 3. The van der Waals surface area contributed by atoms with Crippen molar-refractivity contribution in [2.24, 2.45) is 0 Å². The Morgan fingerprint density at radius 2 is 1.79 bits per heavy atom. The first-order chi connectivity index (χ1) is 13.7. The zero-order chi connectivity index (χ0) is 19.3. The van der Waals surface area contributed by atoms with E-state index in [1.165, 1.54) is 17.5 Å².